The molecule has 3 atom stereocenters. The van der Waals surface area contributed by atoms with Gasteiger partial charge in [-0.1, -0.05) is 36.8 Å². The van der Waals surface area contributed by atoms with Crippen molar-refractivity contribution in [2.45, 2.75) is 25.0 Å². The Morgan fingerprint density at radius 1 is 1.28 bits per heavy atom. The summed E-state index contributed by atoms with van der Waals surface area (Å²) in [5.74, 6) is -2.22. The fourth-order valence-electron chi connectivity index (χ4n) is 2.40. The van der Waals surface area contributed by atoms with Crippen molar-refractivity contribution in [1.82, 2.24) is 0 Å². The third-order valence-electron chi connectivity index (χ3n) is 3.52. The van der Waals surface area contributed by atoms with Crippen LogP contribution in [0.15, 0.2) is 24.3 Å². The van der Waals surface area contributed by atoms with Crippen LogP contribution < -0.4 is 0 Å². The number of hydrogen-bond donors (Lipinski definition) is 1. The molecule has 1 aliphatic carbocycles. The first-order chi connectivity index (χ1) is 8.38. The van der Waals surface area contributed by atoms with E-state index in [0.29, 0.717) is 0 Å². The number of rotatable bonds is 4. The monoisotopic (exact) mass is 268 g/mol. The standard InChI is InChI=1S/C13H16O4S/c1-3-18(16,17)12-10(11(12)13(14)15)9-6-4-8(2)5-7-9/h4-7,10-12H,3H2,1-2H3,(H,14,15). The normalized spacial score (nSPS) is 26.9. The summed E-state index contributed by atoms with van der Waals surface area (Å²) in [6.07, 6.45) is 0. The minimum absolute atomic E-state index is 0.0101. The Bertz CT molecular complexity index is 559. The average Bonchev–Trinajstić information content (AvgIpc) is 3.06. The molecule has 0 aromatic heterocycles. The Morgan fingerprint density at radius 2 is 1.83 bits per heavy atom. The molecular formula is C13H16O4S. The lowest BCUT2D eigenvalue weighted by molar-refractivity contribution is -0.138. The smallest absolute Gasteiger partial charge is 0.308 e. The molecule has 0 aliphatic heterocycles. The highest BCUT2D eigenvalue weighted by atomic mass is 32.2. The van der Waals surface area contributed by atoms with Crippen LogP contribution in [0.3, 0.4) is 0 Å². The van der Waals surface area contributed by atoms with E-state index in [1.165, 1.54) is 0 Å². The quantitative estimate of drug-likeness (QED) is 0.900. The van der Waals surface area contributed by atoms with Crippen molar-refractivity contribution in [2.75, 3.05) is 5.75 Å². The van der Waals surface area contributed by atoms with Gasteiger partial charge in [0.1, 0.15) is 0 Å². The maximum Gasteiger partial charge on any atom is 0.308 e. The van der Waals surface area contributed by atoms with Gasteiger partial charge in [0.25, 0.3) is 0 Å². The van der Waals surface area contributed by atoms with Gasteiger partial charge in [-0.05, 0) is 12.5 Å². The SMILES string of the molecule is CCS(=O)(=O)C1C(C(=O)O)C1c1ccc(C)cc1. The summed E-state index contributed by atoms with van der Waals surface area (Å²) in [6, 6.07) is 7.40. The number of aliphatic carboxylic acids is 1. The number of carboxylic acid groups (broad SMARTS) is 1. The van der Waals surface area contributed by atoms with Crippen LogP contribution in [0, 0.1) is 12.8 Å². The number of hydrogen-bond acceptors (Lipinski definition) is 3. The van der Waals surface area contributed by atoms with E-state index in [4.69, 9.17) is 5.11 Å². The molecule has 18 heavy (non-hydrogen) atoms. The molecule has 3 unspecified atom stereocenters. The van der Waals surface area contributed by atoms with Gasteiger partial charge in [0, 0.05) is 11.7 Å². The molecule has 1 aromatic rings. The van der Waals surface area contributed by atoms with Crippen LogP contribution in [-0.4, -0.2) is 30.5 Å². The van der Waals surface area contributed by atoms with Crippen LogP contribution in [-0.2, 0) is 14.6 Å². The van der Waals surface area contributed by atoms with Gasteiger partial charge in [0.05, 0.1) is 11.2 Å². The third-order valence-corrected chi connectivity index (χ3v) is 5.74. The zero-order valence-corrected chi connectivity index (χ0v) is 11.1. The molecule has 0 bridgehead atoms. The maximum absolute atomic E-state index is 11.9. The van der Waals surface area contributed by atoms with Gasteiger partial charge < -0.3 is 5.11 Å². The van der Waals surface area contributed by atoms with E-state index in [0.717, 1.165) is 11.1 Å². The molecule has 98 valence electrons. The van der Waals surface area contributed by atoms with Crippen LogP contribution in [0.5, 0.6) is 0 Å². The van der Waals surface area contributed by atoms with Gasteiger partial charge in [-0.3, -0.25) is 4.79 Å². The first kappa shape index (κ1) is 13.1. The second-order valence-corrected chi connectivity index (χ2v) is 7.16. The number of carboxylic acids is 1. The Kier molecular flexibility index (Phi) is 3.19. The fourth-order valence-corrected chi connectivity index (χ4v) is 4.20. The van der Waals surface area contributed by atoms with Crippen molar-refractivity contribution >= 4 is 15.8 Å². The second-order valence-electron chi connectivity index (χ2n) is 4.72. The Morgan fingerprint density at radius 3 is 2.28 bits per heavy atom. The minimum atomic E-state index is -3.31. The molecule has 4 nitrogen and oxygen atoms in total. The molecule has 2 rings (SSSR count). The number of aryl methyl sites for hydroxylation is 1. The molecule has 1 fully saturated rings. The van der Waals surface area contributed by atoms with Crippen LogP contribution in [0.2, 0.25) is 0 Å². The molecule has 1 aliphatic rings. The summed E-state index contributed by atoms with van der Waals surface area (Å²) in [4.78, 5) is 11.1. The summed E-state index contributed by atoms with van der Waals surface area (Å²) in [7, 11) is -3.31. The molecule has 0 radical (unpaired) electrons. The van der Waals surface area contributed by atoms with E-state index in [1.807, 2.05) is 31.2 Å². The van der Waals surface area contributed by atoms with E-state index in [-0.39, 0.29) is 5.75 Å². The van der Waals surface area contributed by atoms with Crippen LogP contribution in [0.1, 0.15) is 24.0 Å². The van der Waals surface area contributed by atoms with Crippen molar-refractivity contribution in [3.63, 3.8) is 0 Å². The third kappa shape index (κ3) is 2.14. The molecular weight excluding hydrogens is 252 g/mol. The highest BCUT2D eigenvalue weighted by Crippen LogP contribution is 2.52. The molecule has 0 amide bonds. The van der Waals surface area contributed by atoms with E-state index in [2.05, 4.69) is 0 Å². The first-order valence-electron chi connectivity index (χ1n) is 5.89. The largest absolute Gasteiger partial charge is 0.481 e. The van der Waals surface area contributed by atoms with Gasteiger partial charge in [-0.2, -0.15) is 0 Å². The average molecular weight is 268 g/mol. The molecule has 5 heteroatoms. The Balaban J connectivity index is 2.33. The molecule has 0 heterocycles. The topological polar surface area (TPSA) is 71.4 Å². The van der Waals surface area contributed by atoms with Crippen molar-refractivity contribution in [2.24, 2.45) is 5.92 Å². The zero-order valence-electron chi connectivity index (χ0n) is 10.3. The summed E-state index contributed by atoms with van der Waals surface area (Å²) in [5.41, 5.74) is 1.87. The summed E-state index contributed by atoms with van der Waals surface area (Å²) in [6.45, 7) is 3.49. The van der Waals surface area contributed by atoms with Gasteiger partial charge >= 0.3 is 5.97 Å². The van der Waals surface area contributed by atoms with Crippen LogP contribution in [0.4, 0.5) is 0 Å². The molecule has 1 saturated carbocycles. The van der Waals surface area contributed by atoms with Gasteiger partial charge in [0.15, 0.2) is 9.84 Å². The van der Waals surface area contributed by atoms with Gasteiger partial charge in [-0.25, -0.2) is 8.42 Å². The van der Waals surface area contributed by atoms with Crippen LogP contribution in [0.25, 0.3) is 0 Å². The highest BCUT2D eigenvalue weighted by molar-refractivity contribution is 7.92. The Hall–Kier alpha value is -1.36. The van der Waals surface area contributed by atoms with Crippen molar-refractivity contribution < 1.29 is 18.3 Å². The van der Waals surface area contributed by atoms with E-state index >= 15 is 0 Å². The Labute approximate surface area is 107 Å². The number of benzene rings is 1. The predicted octanol–water partition coefficient (Wildman–Crippen LogP) is 1.60. The fraction of sp³-hybridized carbons (Fsp3) is 0.462. The molecule has 0 spiro atoms. The number of sulfone groups is 1. The van der Waals surface area contributed by atoms with Gasteiger partial charge in [0.2, 0.25) is 0 Å². The lowest BCUT2D eigenvalue weighted by Crippen LogP contribution is -2.14. The maximum atomic E-state index is 11.9. The lowest BCUT2D eigenvalue weighted by atomic mass is 10.1. The minimum Gasteiger partial charge on any atom is -0.481 e. The summed E-state index contributed by atoms with van der Waals surface area (Å²) >= 11 is 0. The number of carbonyl (C=O) groups is 1. The molecule has 1 aromatic carbocycles. The summed E-state index contributed by atoms with van der Waals surface area (Å²) < 4.78 is 23.7. The van der Waals surface area contributed by atoms with Crippen molar-refractivity contribution in [3.05, 3.63) is 35.4 Å². The van der Waals surface area contributed by atoms with Crippen molar-refractivity contribution in [3.8, 4) is 0 Å². The van der Waals surface area contributed by atoms with E-state index in [1.54, 1.807) is 6.92 Å². The van der Waals surface area contributed by atoms with Crippen LogP contribution >= 0.6 is 0 Å². The zero-order chi connectivity index (χ0) is 13.5. The van der Waals surface area contributed by atoms with Gasteiger partial charge in [-0.15, -0.1) is 0 Å². The lowest BCUT2D eigenvalue weighted by Gasteiger charge is -2.01. The molecule has 1 N–H and O–H groups in total. The molecule has 0 saturated heterocycles. The summed E-state index contributed by atoms with van der Waals surface area (Å²) in [5, 5.41) is 8.34. The van der Waals surface area contributed by atoms with E-state index < -0.39 is 32.9 Å². The van der Waals surface area contributed by atoms with E-state index in [9.17, 15) is 13.2 Å². The highest BCUT2D eigenvalue weighted by Gasteiger charge is 2.62. The first-order valence-corrected chi connectivity index (χ1v) is 7.61. The second kappa shape index (κ2) is 4.39. The van der Waals surface area contributed by atoms with Crippen molar-refractivity contribution in [1.29, 1.82) is 0 Å². The predicted molar refractivity (Wildman–Crippen MR) is 68.3 cm³/mol.